The van der Waals surface area contributed by atoms with Crippen LogP contribution in [0.4, 0.5) is 8.78 Å². The van der Waals surface area contributed by atoms with Gasteiger partial charge in [0, 0.05) is 110 Å². The van der Waals surface area contributed by atoms with Gasteiger partial charge < -0.3 is 55.1 Å². The summed E-state index contributed by atoms with van der Waals surface area (Å²) in [6, 6.07) is 10.9. The maximum absolute atomic E-state index is 14.5. The monoisotopic (exact) mass is 1290 g/mol. The van der Waals surface area contributed by atoms with Gasteiger partial charge in [-0.2, -0.15) is 0 Å². The highest BCUT2D eigenvalue weighted by molar-refractivity contribution is 6.07. The Hall–Kier alpha value is -8.43. The van der Waals surface area contributed by atoms with Gasteiger partial charge in [0.25, 0.3) is 24.8 Å². The molecule has 3 fully saturated rings. The molecule has 0 unspecified atom stereocenters. The van der Waals surface area contributed by atoms with E-state index in [1.807, 2.05) is 41.0 Å². The van der Waals surface area contributed by atoms with Crippen LogP contribution in [0.5, 0.6) is 5.75 Å². The number of piperazine rings is 1. The number of nitrogens with one attached hydrogen (secondary N) is 4. The van der Waals surface area contributed by atoms with E-state index >= 15 is 0 Å². The van der Waals surface area contributed by atoms with Crippen molar-refractivity contribution in [1.29, 1.82) is 0 Å². The zero-order chi connectivity index (χ0) is 66.4. The summed E-state index contributed by atoms with van der Waals surface area (Å²) in [5, 5.41) is 21.2. The second-order valence-corrected chi connectivity index (χ2v) is 23.0. The number of ether oxygens (including phenoxy) is 4. The Kier molecular flexibility index (Phi) is 29.8. The van der Waals surface area contributed by atoms with E-state index in [2.05, 4.69) is 37.1 Å². The molecular weight excluding hydrogens is 1200 g/mol. The first-order valence-corrected chi connectivity index (χ1v) is 30.9. The van der Waals surface area contributed by atoms with Crippen LogP contribution in [0.15, 0.2) is 54.7 Å². The molecule has 2 aromatic carbocycles. The first-order valence-electron chi connectivity index (χ1n) is 30.9. The van der Waals surface area contributed by atoms with Crippen molar-refractivity contribution in [2.45, 2.75) is 88.8 Å². The number of nitrogens with zero attached hydrogens (tertiary/aromatic N) is 8. The average Bonchev–Trinajstić information content (AvgIpc) is 1.16. The zero-order valence-corrected chi connectivity index (χ0v) is 52.4. The first-order chi connectivity index (χ1) is 44.3. The zero-order valence-electron chi connectivity index (χ0n) is 52.4. The molecule has 1 aromatic heterocycles. The third-order valence-corrected chi connectivity index (χ3v) is 16.1. The molecule has 27 nitrogen and oxygen atoms in total. The lowest BCUT2D eigenvalue weighted by Crippen LogP contribution is -2.58. The van der Waals surface area contributed by atoms with Gasteiger partial charge in [-0.1, -0.05) is 35.7 Å². The van der Waals surface area contributed by atoms with Crippen LogP contribution in [0.1, 0.15) is 72.9 Å². The van der Waals surface area contributed by atoms with Gasteiger partial charge in [-0.15, -0.1) is 6.42 Å². The Morgan fingerprint density at radius 2 is 1.40 bits per heavy atom. The number of terminal acetylenes is 1. The highest BCUT2D eigenvalue weighted by Gasteiger charge is 2.46. The number of unbranched alkanes of at least 4 members (excludes halogenated alkanes) is 1. The second kappa shape index (κ2) is 37.8. The van der Waals surface area contributed by atoms with Crippen LogP contribution in [0.3, 0.4) is 0 Å². The molecule has 29 heteroatoms. The number of carboxylic acids is 1. The van der Waals surface area contributed by atoms with E-state index in [-0.39, 0.29) is 110 Å². The highest BCUT2D eigenvalue weighted by atomic mass is 19.3. The van der Waals surface area contributed by atoms with E-state index in [0.717, 1.165) is 29.6 Å². The normalized spacial score (nSPS) is 17.8. The number of alkyl halides is 2. The molecule has 3 saturated heterocycles. The fourth-order valence-corrected chi connectivity index (χ4v) is 10.9. The SMILES string of the molecule is C#C[C@H]1CC(F)(F)CN1C(=O)CNC(=O)c1ccnc2ccc(OCCCCN3CCN(C(=O)[C@H](CC(=O)OC)NC(=O)[C@H](CCCNC(=O)CCCc4ccc(C)cc4)NC(=O)CN4CCN(COC=O)CCN(COC=O)CCN(CC(=O)O)CC4)CC3)cc12. The van der Waals surface area contributed by atoms with Crippen molar-refractivity contribution in [2.24, 2.45) is 0 Å². The van der Waals surface area contributed by atoms with Crippen molar-refractivity contribution < 1.29 is 80.8 Å². The molecule has 4 heterocycles. The van der Waals surface area contributed by atoms with Crippen LogP contribution in [0, 0.1) is 19.3 Å². The topological polar surface area (TPSA) is 312 Å². The molecule has 3 aliphatic heterocycles. The van der Waals surface area contributed by atoms with Crippen molar-refractivity contribution >= 4 is 71.2 Å². The summed E-state index contributed by atoms with van der Waals surface area (Å²) in [5.41, 5.74) is 2.93. The van der Waals surface area contributed by atoms with Crippen molar-refractivity contribution in [3.05, 3.63) is 71.4 Å². The average molecular weight is 1290 g/mol. The van der Waals surface area contributed by atoms with Crippen LogP contribution >= 0.6 is 0 Å². The predicted molar refractivity (Wildman–Crippen MR) is 330 cm³/mol. The summed E-state index contributed by atoms with van der Waals surface area (Å²) < 4.78 is 49.1. The van der Waals surface area contributed by atoms with Gasteiger partial charge in [0.15, 0.2) is 0 Å². The van der Waals surface area contributed by atoms with Gasteiger partial charge >= 0.3 is 11.9 Å². The molecule has 0 bridgehead atoms. The highest BCUT2D eigenvalue weighted by Crippen LogP contribution is 2.32. The number of aryl methyl sites for hydroxylation is 2. The number of methoxy groups -OCH3 is 1. The minimum atomic E-state index is -3.12. The Morgan fingerprint density at radius 3 is 2.03 bits per heavy atom. The number of fused-ring (bicyclic) bond motifs is 1. The van der Waals surface area contributed by atoms with Crippen LogP contribution in [0.2, 0.25) is 0 Å². The Bertz CT molecular complexity index is 3000. The van der Waals surface area contributed by atoms with E-state index in [9.17, 15) is 61.8 Å². The lowest BCUT2D eigenvalue weighted by molar-refractivity contribution is -0.147. The molecule has 5 N–H and O–H groups in total. The van der Waals surface area contributed by atoms with Gasteiger partial charge in [-0.05, 0) is 81.8 Å². The van der Waals surface area contributed by atoms with Gasteiger partial charge in [0.05, 0.1) is 63.4 Å². The van der Waals surface area contributed by atoms with Crippen LogP contribution in [-0.2, 0) is 63.8 Å². The van der Waals surface area contributed by atoms with E-state index in [0.29, 0.717) is 94.7 Å². The minimum absolute atomic E-state index is 0.0197. The number of carbonyl (C=O) groups is 10. The van der Waals surface area contributed by atoms with Crippen LogP contribution in [-0.4, -0.2) is 274 Å². The Morgan fingerprint density at radius 1 is 0.761 bits per heavy atom. The quantitative estimate of drug-likeness (QED) is 0.0182. The minimum Gasteiger partial charge on any atom is -0.494 e. The molecule has 6 amide bonds. The van der Waals surface area contributed by atoms with Crippen molar-refractivity contribution in [1.82, 2.24) is 60.6 Å². The summed E-state index contributed by atoms with van der Waals surface area (Å²) in [4.78, 5) is 145. The third kappa shape index (κ3) is 24.6. The number of carbonyl (C=O) groups excluding carboxylic acids is 9. The summed E-state index contributed by atoms with van der Waals surface area (Å²) >= 11 is 0. The summed E-state index contributed by atoms with van der Waals surface area (Å²) in [5.74, 6) is -5.65. The van der Waals surface area contributed by atoms with Crippen LogP contribution in [0.25, 0.3) is 10.9 Å². The third-order valence-electron chi connectivity index (χ3n) is 16.1. The van der Waals surface area contributed by atoms with Gasteiger partial charge in [-0.25, -0.2) is 8.78 Å². The number of pyridine rings is 1. The maximum atomic E-state index is 14.5. The number of carboxylic acid groups (broad SMARTS) is 1. The fraction of sp³-hybridized carbons (Fsp3) is 0.571. The number of aliphatic carboxylic acids is 1. The maximum Gasteiger partial charge on any atom is 0.317 e. The van der Waals surface area contributed by atoms with Crippen molar-refractivity contribution in [3.63, 3.8) is 0 Å². The van der Waals surface area contributed by atoms with E-state index in [1.54, 1.807) is 32.9 Å². The Balaban J connectivity index is 1.04. The number of benzene rings is 2. The number of aromatic nitrogens is 1. The molecule has 0 radical (unpaired) electrons. The number of esters is 1. The smallest absolute Gasteiger partial charge is 0.317 e. The first kappa shape index (κ1) is 72.6. The molecule has 3 aromatic rings. The molecule has 0 aliphatic carbocycles. The molecule has 3 atom stereocenters. The molecule has 0 saturated carbocycles. The van der Waals surface area contributed by atoms with E-state index in [4.69, 9.17) is 25.4 Å². The van der Waals surface area contributed by atoms with Crippen LogP contribution < -0.4 is 26.0 Å². The van der Waals surface area contributed by atoms with Crippen molar-refractivity contribution in [2.75, 3.05) is 145 Å². The molecular formula is C63H86F2N12O15. The molecule has 3 aliphatic rings. The number of halogens is 2. The Labute approximate surface area is 534 Å². The summed E-state index contributed by atoms with van der Waals surface area (Å²) in [6.45, 7) is 5.49. The number of rotatable bonds is 33. The van der Waals surface area contributed by atoms with E-state index < -0.39 is 91.5 Å². The summed E-state index contributed by atoms with van der Waals surface area (Å²) in [6.07, 6.45) is 8.87. The lowest BCUT2D eigenvalue weighted by Gasteiger charge is -2.36. The molecule has 0 spiro atoms. The number of hydrogen-bond donors (Lipinski definition) is 5. The predicted octanol–water partition coefficient (Wildman–Crippen LogP) is 0.465. The fourth-order valence-electron chi connectivity index (χ4n) is 10.9. The molecule has 502 valence electrons. The molecule has 92 heavy (non-hydrogen) atoms. The van der Waals surface area contributed by atoms with E-state index in [1.165, 1.54) is 12.3 Å². The lowest BCUT2D eigenvalue weighted by atomic mass is 10.1. The standard InChI is InChI=1S/C63H86F2N12O15/c1-4-48-37-63(64,65)41-77(48)57(82)38-68-60(86)50-18-20-66-52-17-16-49(35-51(50)52)92-34-6-5-21-71-30-32-76(33-31-71)62(88)54(36-59(85)89-3)70-61(87)53(10-8-19-67-55(80)11-7-9-47-14-12-46(2)13-15-47)69-56(81)39-72-22-23-73(40-58(83)84)25-27-75(43-91-45-79)29-28-74(26-24-72)42-90-44-78/h1,12-18,20,35,44-45,48,53-54H,5-11,19,21-34,36-43H2,2-3H3,(H,67,80)(H,68,86)(H,69,81)(H,70,87)(H,83,84)/t48-,53-,54-/m0/s1. The van der Waals surface area contributed by atoms with Crippen molar-refractivity contribution in [3.8, 4) is 18.1 Å². The van der Waals surface area contributed by atoms with Gasteiger partial charge in [0.2, 0.25) is 29.5 Å². The second-order valence-electron chi connectivity index (χ2n) is 23.0. The summed E-state index contributed by atoms with van der Waals surface area (Å²) in [7, 11) is 1.16. The number of hydrogen-bond acceptors (Lipinski definition) is 20. The van der Waals surface area contributed by atoms with Gasteiger partial charge in [0.1, 0.15) is 31.3 Å². The largest absolute Gasteiger partial charge is 0.494 e. The number of likely N-dealkylation sites (tertiary alicyclic amines) is 1. The molecule has 6 rings (SSSR count). The number of amides is 6. The van der Waals surface area contributed by atoms with Gasteiger partial charge in [-0.3, -0.25) is 77.4 Å².